The minimum Gasteiger partial charge on any atom is -0.346 e. The lowest BCUT2D eigenvalue weighted by Gasteiger charge is -2.27. The Balaban J connectivity index is 2.65. The highest BCUT2D eigenvalue weighted by Gasteiger charge is 2.46. The molecule has 98 valence electrons. The van der Waals surface area contributed by atoms with Crippen molar-refractivity contribution in [2.75, 3.05) is 0 Å². The van der Waals surface area contributed by atoms with E-state index in [4.69, 9.17) is 0 Å². The van der Waals surface area contributed by atoms with E-state index >= 15 is 0 Å². The van der Waals surface area contributed by atoms with Crippen molar-refractivity contribution >= 4 is 12.2 Å². The second-order valence-electron chi connectivity index (χ2n) is 5.19. The summed E-state index contributed by atoms with van der Waals surface area (Å²) >= 11 is 0. The lowest BCUT2D eigenvalue weighted by Crippen LogP contribution is -2.49. The molecule has 0 aromatic rings. The fraction of sp³-hybridized carbons (Fsp3) is 0.857. The van der Waals surface area contributed by atoms with Crippen LogP contribution in [0.3, 0.4) is 0 Å². The van der Waals surface area contributed by atoms with Crippen molar-refractivity contribution in [2.24, 2.45) is 5.92 Å². The molecule has 3 nitrogen and oxygen atoms in total. The number of hydrogen-bond donors (Lipinski definition) is 1. The fourth-order valence-electron chi connectivity index (χ4n) is 2.85. The third-order valence-corrected chi connectivity index (χ3v) is 3.96. The first-order chi connectivity index (χ1) is 8.20. The minimum atomic E-state index is -0.532. The average Bonchev–Trinajstić information content (AvgIpc) is 2.63. The third-order valence-electron chi connectivity index (χ3n) is 3.96. The summed E-state index contributed by atoms with van der Waals surface area (Å²) in [6.45, 7) is 4.26. The summed E-state index contributed by atoms with van der Waals surface area (Å²) in [6, 6.07) is 0. The highest BCUT2D eigenvalue weighted by Crippen LogP contribution is 2.37. The van der Waals surface area contributed by atoms with Gasteiger partial charge in [0.15, 0.2) is 5.78 Å². The van der Waals surface area contributed by atoms with Crippen molar-refractivity contribution in [1.29, 1.82) is 0 Å². The molecule has 2 atom stereocenters. The van der Waals surface area contributed by atoms with Gasteiger partial charge in [0.1, 0.15) is 0 Å². The van der Waals surface area contributed by atoms with Crippen LogP contribution in [0.5, 0.6) is 0 Å². The van der Waals surface area contributed by atoms with Gasteiger partial charge in [-0.05, 0) is 25.7 Å². The van der Waals surface area contributed by atoms with E-state index in [9.17, 15) is 9.59 Å². The van der Waals surface area contributed by atoms with Crippen molar-refractivity contribution in [3.63, 3.8) is 0 Å². The summed E-state index contributed by atoms with van der Waals surface area (Å²) in [6.07, 6.45) is 8.60. The molecule has 0 saturated heterocycles. The number of hydrogen-bond acceptors (Lipinski definition) is 2. The molecule has 3 heteroatoms. The number of amides is 1. The molecule has 2 unspecified atom stereocenters. The Morgan fingerprint density at radius 1 is 1.35 bits per heavy atom. The molecular weight excluding hydrogens is 214 g/mol. The van der Waals surface area contributed by atoms with Crippen LogP contribution in [0.4, 0.5) is 0 Å². The Labute approximate surface area is 104 Å². The molecule has 0 spiro atoms. The van der Waals surface area contributed by atoms with E-state index in [0.29, 0.717) is 6.41 Å². The molecular formula is C14H25NO2. The number of Topliss-reactive ketones (excluding diaryl/α,β-unsaturated/α-hetero) is 1. The molecule has 0 radical (unpaired) electrons. The van der Waals surface area contributed by atoms with Crippen molar-refractivity contribution in [3.8, 4) is 0 Å². The zero-order valence-electron chi connectivity index (χ0n) is 11.1. The fourth-order valence-corrected chi connectivity index (χ4v) is 2.85. The number of carbonyl (C=O) groups is 2. The van der Waals surface area contributed by atoms with E-state index in [2.05, 4.69) is 19.2 Å². The molecule has 0 heterocycles. The predicted octanol–water partition coefficient (Wildman–Crippen LogP) is 2.83. The van der Waals surface area contributed by atoms with Crippen LogP contribution in [0.2, 0.25) is 0 Å². The molecule has 1 rings (SSSR count). The highest BCUT2D eigenvalue weighted by atomic mass is 16.1. The molecule has 1 aliphatic rings. The maximum absolute atomic E-state index is 12.4. The summed E-state index contributed by atoms with van der Waals surface area (Å²) in [5.74, 6) is 0.464. The highest BCUT2D eigenvalue weighted by molar-refractivity contribution is 5.94. The number of carbonyl (C=O) groups excluding carboxylic acids is 2. The molecule has 1 fully saturated rings. The van der Waals surface area contributed by atoms with E-state index in [1.54, 1.807) is 0 Å². The van der Waals surface area contributed by atoms with Gasteiger partial charge in [-0.3, -0.25) is 9.59 Å². The van der Waals surface area contributed by atoms with Crippen LogP contribution in [-0.2, 0) is 9.59 Å². The first kappa shape index (κ1) is 14.2. The van der Waals surface area contributed by atoms with Gasteiger partial charge in [-0.15, -0.1) is 0 Å². The maximum Gasteiger partial charge on any atom is 0.207 e. The maximum atomic E-state index is 12.4. The first-order valence-corrected chi connectivity index (χ1v) is 6.95. The zero-order chi connectivity index (χ0) is 12.7. The van der Waals surface area contributed by atoms with Gasteiger partial charge in [-0.1, -0.05) is 39.5 Å². The van der Waals surface area contributed by atoms with E-state index in [1.807, 2.05) is 0 Å². The van der Waals surface area contributed by atoms with E-state index in [1.165, 1.54) is 0 Å². The minimum absolute atomic E-state index is 0.180. The van der Waals surface area contributed by atoms with Crippen molar-refractivity contribution < 1.29 is 9.59 Å². The topological polar surface area (TPSA) is 46.2 Å². The Morgan fingerprint density at radius 3 is 2.65 bits per heavy atom. The second-order valence-corrected chi connectivity index (χ2v) is 5.19. The number of nitrogens with one attached hydrogen (secondary N) is 1. The van der Waals surface area contributed by atoms with Crippen LogP contribution in [0.1, 0.15) is 65.2 Å². The Hall–Kier alpha value is -0.860. The van der Waals surface area contributed by atoms with Crippen molar-refractivity contribution in [2.45, 2.75) is 70.8 Å². The lowest BCUT2D eigenvalue weighted by atomic mass is 9.87. The van der Waals surface area contributed by atoms with Crippen LogP contribution in [0.15, 0.2) is 0 Å². The van der Waals surface area contributed by atoms with Crippen molar-refractivity contribution in [1.82, 2.24) is 5.32 Å². The summed E-state index contributed by atoms with van der Waals surface area (Å²) < 4.78 is 0. The Kier molecular flexibility index (Phi) is 5.66. The Bertz CT molecular complexity index is 265. The smallest absolute Gasteiger partial charge is 0.207 e. The normalized spacial score (nSPS) is 28.4. The molecule has 0 bridgehead atoms. The summed E-state index contributed by atoms with van der Waals surface area (Å²) in [7, 11) is 0. The molecule has 0 aromatic carbocycles. The number of ketones is 1. The van der Waals surface area contributed by atoms with Gasteiger partial charge in [0.25, 0.3) is 0 Å². The van der Waals surface area contributed by atoms with Crippen molar-refractivity contribution in [3.05, 3.63) is 0 Å². The third kappa shape index (κ3) is 3.30. The largest absolute Gasteiger partial charge is 0.346 e. The molecule has 1 saturated carbocycles. The van der Waals surface area contributed by atoms with Crippen LogP contribution in [0, 0.1) is 5.92 Å². The van der Waals surface area contributed by atoms with E-state index in [-0.39, 0.29) is 11.7 Å². The van der Waals surface area contributed by atoms with Crippen LogP contribution >= 0.6 is 0 Å². The molecule has 1 amide bonds. The second kappa shape index (κ2) is 6.77. The summed E-state index contributed by atoms with van der Waals surface area (Å²) in [4.78, 5) is 23.1. The van der Waals surface area contributed by atoms with Gasteiger partial charge >= 0.3 is 0 Å². The molecule has 17 heavy (non-hydrogen) atoms. The lowest BCUT2D eigenvalue weighted by molar-refractivity contribution is -0.129. The molecule has 0 aliphatic heterocycles. The van der Waals surface area contributed by atoms with Gasteiger partial charge in [0.2, 0.25) is 6.41 Å². The van der Waals surface area contributed by atoms with Gasteiger partial charge in [-0.25, -0.2) is 0 Å². The van der Waals surface area contributed by atoms with E-state index in [0.717, 1.165) is 51.4 Å². The van der Waals surface area contributed by atoms with Gasteiger partial charge in [0.05, 0.1) is 5.54 Å². The summed E-state index contributed by atoms with van der Waals surface area (Å²) in [5.41, 5.74) is -0.532. The van der Waals surface area contributed by atoms with Gasteiger partial charge < -0.3 is 5.32 Å². The first-order valence-electron chi connectivity index (χ1n) is 6.95. The van der Waals surface area contributed by atoms with Gasteiger partial charge in [0, 0.05) is 5.92 Å². The molecule has 1 N–H and O–H groups in total. The van der Waals surface area contributed by atoms with E-state index < -0.39 is 5.54 Å². The van der Waals surface area contributed by atoms with Crippen LogP contribution in [0.25, 0.3) is 0 Å². The predicted molar refractivity (Wildman–Crippen MR) is 68.7 cm³/mol. The SMILES string of the molecule is CCCCC1CCC(CCCC)(NC=O)C1=O. The average molecular weight is 239 g/mol. The van der Waals surface area contributed by atoms with Crippen LogP contribution in [-0.4, -0.2) is 17.7 Å². The quantitative estimate of drug-likeness (QED) is 0.662. The van der Waals surface area contributed by atoms with Crippen LogP contribution < -0.4 is 5.32 Å². The van der Waals surface area contributed by atoms with Gasteiger partial charge in [-0.2, -0.15) is 0 Å². The Morgan fingerprint density at radius 2 is 2.06 bits per heavy atom. The molecule has 1 aliphatic carbocycles. The number of rotatable bonds is 8. The molecule has 0 aromatic heterocycles. The standard InChI is InChI=1S/C14H25NO2/c1-3-5-7-12-8-10-14(13(12)17,15-11-16)9-6-4-2/h11-12H,3-10H2,1-2H3,(H,15,16). The number of unbranched alkanes of at least 4 members (excludes halogenated alkanes) is 2. The zero-order valence-corrected chi connectivity index (χ0v) is 11.1. The monoisotopic (exact) mass is 239 g/mol. The summed E-state index contributed by atoms with van der Waals surface area (Å²) in [5, 5.41) is 2.82.